The highest BCUT2D eigenvalue weighted by molar-refractivity contribution is 7.89. The summed E-state index contributed by atoms with van der Waals surface area (Å²) in [5.74, 6) is 0.645. The van der Waals surface area contributed by atoms with Crippen LogP contribution in [0.2, 0.25) is 5.02 Å². The van der Waals surface area contributed by atoms with Crippen molar-refractivity contribution in [1.29, 1.82) is 0 Å². The van der Waals surface area contributed by atoms with Gasteiger partial charge >= 0.3 is 6.01 Å². The van der Waals surface area contributed by atoms with Crippen LogP contribution in [-0.4, -0.2) is 48.5 Å². The summed E-state index contributed by atoms with van der Waals surface area (Å²) in [6.45, 7) is 3.12. The summed E-state index contributed by atoms with van der Waals surface area (Å²) < 4.78 is 38.3. The van der Waals surface area contributed by atoms with Gasteiger partial charge in [-0.05, 0) is 44.0 Å². The van der Waals surface area contributed by atoms with Gasteiger partial charge in [-0.3, -0.25) is 0 Å². The highest BCUT2D eigenvalue weighted by Crippen LogP contribution is 2.24. The number of nitrogens with zero attached hydrogens (tertiary/aromatic N) is 3. The normalized spacial score (nSPS) is 18.5. The van der Waals surface area contributed by atoms with Crippen molar-refractivity contribution in [1.82, 2.24) is 14.3 Å². The molecule has 7 nitrogen and oxygen atoms in total. The van der Waals surface area contributed by atoms with Gasteiger partial charge in [-0.2, -0.15) is 4.31 Å². The first kappa shape index (κ1) is 18.9. The van der Waals surface area contributed by atoms with Crippen molar-refractivity contribution in [3.8, 4) is 11.8 Å². The first-order chi connectivity index (χ1) is 12.5. The maximum Gasteiger partial charge on any atom is 0.316 e. The van der Waals surface area contributed by atoms with Gasteiger partial charge in [-0.25, -0.2) is 18.4 Å². The zero-order valence-corrected chi connectivity index (χ0v) is 15.9. The lowest BCUT2D eigenvalue weighted by Crippen LogP contribution is -2.44. The molecule has 2 heterocycles. The zero-order valence-electron chi connectivity index (χ0n) is 14.3. The fourth-order valence-corrected chi connectivity index (χ4v) is 4.36. The molecule has 1 saturated heterocycles. The Labute approximate surface area is 158 Å². The zero-order chi connectivity index (χ0) is 18.6. The number of piperidine rings is 1. The molecule has 1 aromatic heterocycles. The van der Waals surface area contributed by atoms with Gasteiger partial charge in [0.15, 0.2) is 0 Å². The van der Waals surface area contributed by atoms with E-state index >= 15 is 0 Å². The van der Waals surface area contributed by atoms with Gasteiger partial charge < -0.3 is 9.47 Å². The lowest BCUT2D eigenvalue weighted by Gasteiger charge is -2.31. The number of sulfonamides is 1. The molecule has 2 aromatic rings. The van der Waals surface area contributed by atoms with Crippen LogP contribution in [0.25, 0.3) is 0 Å². The molecule has 1 aliphatic rings. The third-order valence-electron chi connectivity index (χ3n) is 3.98. The van der Waals surface area contributed by atoms with Crippen LogP contribution in [0.3, 0.4) is 0 Å². The van der Waals surface area contributed by atoms with E-state index in [9.17, 15) is 8.42 Å². The molecule has 0 bridgehead atoms. The predicted molar refractivity (Wildman–Crippen MR) is 97.1 cm³/mol. The maximum absolute atomic E-state index is 12.9. The van der Waals surface area contributed by atoms with E-state index in [4.69, 9.17) is 21.1 Å². The molecule has 9 heteroatoms. The molecule has 140 valence electrons. The summed E-state index contributed by atoms with van der Waals surface area (Å²) in [5, 5.41) is 0.417. The quantitative estimate of drug-likeness (QED) is 0.745. The second-order valence-corrected chi connectivity index (χ2v) is 8.21. The van der Waals surface area contributed by atoms with E-state index in [1.54, 1.807) is 24.3 Å². The maximum atomic E-state index is 12.9. The summed E-state index contributed by atoms with van der Waals surface area (Å²) in [6, 6.07) is 6.64. The van der Waals surface area contributed by atoms with Crippen LogP contribution >= 0.6 is 11.6 Å². The van der Waals surface area contributed by atoms with E-state index in [1.807, 2.05) is 6.92 Å². The van der Waals surface area contributed by atoms with Crippen LogP contribution in [0.5, 0.6) is 11.8 Å². The molecule has 0 spiro atoms. The number of hydrogen-bond acceptors (Lipinski definition) is 6. The summed E-state index contributed by atoms with van der Waals surface area (Å²) in [5.41, 5.74) is 0. The first-order valence-electron chi connectivity index (χ1n) is 8.36. The van der Waals surface area contributed by atoms with Gasteiger partial charge in [0.25, 0.3) is 0 Å². The predicted octanol–water partition coefficient (Wildman–Crippen LogP) is 2.76. The van der Waals surface area contributed by atoms with Crippen LogP contribution in [0.15, 0.2) is 41.6 Å². The number of benzene rings is 1. The summed E-state index contributed by atoms with van der Waals surface area (Å²) in [7, 11) is -3.59. The summed E-state index contributed by atoms with van der Waals surface area (Å²) in [4.78, 5) is 8.24. The fraction of sp³-hybridized carbons (Fsp3) is 0.412. The molecule has 1 fully saturated rings. The average molecular weight is 398 g/mol. The van der Waals surface area contributed by atoms with E-state index in [2.05, 4.69) is 9.97 Å². The molecular weight excluding hydrogens is 378 g/mol. The van der Waals surface area contributed by atoms with E-state index < -0.39 is 10.0 Å². The van der Waals surface area contributed by atoms with Crippen LogP contribution in [0, 0.1) is 0 Å². The van der Waals surface area contributed by atoms with Crippen molar-refractivity contribution in [3.05, 3.63) is 41.7 Å². The average Bonchev–Trinajstić information content (AvgIpc) is 2.65. The van der Waals surface area contributed by atoms with Crippen molar-refractivity contribution in [2.45, 2.75) is 30.8 Å². The Hall–Kier alpha value is -1.90. The standard InChI is InChI=1S/C17H20ClN3O4S/c1-2-24-14-5-7-16(8-6-14)26(22,23)21-9-3-4-15(12-21)25-17-19-10-13(18)11-20-17/h5-8,10-11,15H,2-4,9,12H2,1H3/t15-/m1/s1. The van der Waals surface area contributed by atoms with Crippen molar-refractivity contribution < 1.29 is 17.9 Å². The molecule has 0 radical (unpaired) electrons. The van der Waals surface area contributed by atoms with Gasteiger partial charge in [0.1, 0.15) is 11.9 Å². The van der Waals surface area contributed by atoms with Crippen molar-refractivity contribution in [3.63, 3.8) is 0 Å². The van der Waals surface area contributed by atoms with Crippen LogP contribution in [0.4, 0.5) is 0 Å². The Kier molecular flexibility index (Phi) is 5.95. The van der Waals surface area contributed by atoms with Crippen molar-refractivity contribution in [2.24, 2.45) is 0 Å². The Bertz CT molecular complexity index is 828. The Morgan fingerprint density at radius 3 is 2.58 bits per heavy atom. The highest BCUT2D eigenvalue weighted by atomic mass is 35.5. The number of halogens is 1. The Morgan fingerprint density at radius 1 is 1.23 bits per heavy atom. The van der Waals surface area contributed by atoms with E-state index in [0.717, 1.165) is 6.42 Å². The third-order valence-corrected chi connectivity index (χ3v) is 6.06. The fourth-order valence-electron chi connectivity index (χ4n) is 2.75. The lowest BCUT2D eigenvalue weighted by molar-refractivity contribution is 0.119. The van der Waals surface area contributed by atoms with Crippen LogP contribution < -0.4 is 9.47 Å². The molecule has 0 unspecified atom stereocenters. The smallest absolute Gasteiger partial charge is 0.316 e. The molecule has 3 rings (SSSR count). The topological polar surface area (TPSA) is 81.6 Å². The lowest BCUT2D eigenvalue weighted by atomic mass is 10.1. The van der Waals surface area contributed by atoms with Gasteiger partial charge in [-0.15, -0.1) is 0 Å². The summed E-state index contributed by atoms with van der Waals surface area (Å²) >= 11 is 5.76. The second kappa shape index (κ2) is 8.20. The van der Waals surface area contributed by atoms with Gasteiger partial charge in [0.05, 0.1) is 35.5 Å². The molecule has 0 saturated carbocycles. The van der Waals surface area contributed by atoms with Crippen LogP contribution in [0.1, 0.15) is 19.8 Å². The number of hydrogen-bond donors (Lipinski definition) is 0. The number of ether oxygens (including phenoxy) is 2. The van der Waals surface area contributed by atoms with Gasteiger partial charge in [0.2, 0.25) is 10.0 Å². The molecule has 26 heavy (non-hydrogen) atoms. The van der Waals surface area contributed by atoms with E-state index in [1.165, 1.54) is 16.7 Å². The SMILES string of the molecule is CCOc1ccc(S(=O)(=O)N2CCC[C@@H](Oc3ncc(Cl)cn3)C2)cc1. The van der Waals surface area contributed by atoms with Crippen molar-refractivity contribution in [2.75, 3.05) is 19.7 Å². The molecule has 0 amide bonds. The Morgan fingerprint density at radius 2 is 1.92 bits per heavy atom. The van der Waals surface area contributed by atoms with E-state index in [-0.39, 0.29) is 23.6 Å². The molecule has 0 aliphatic carbocycles. The minimum Gasteiger partial charge on any atom is -0.494 e. The molecular formula is C17H20ClN3O4S. The minimum absolute atomic E-state index is 0.194. The third kappa shape index (κ3) is 4.44. The van der Waals surface area contributed by atoms with E-state index in [0.29, 0.717) is 30.3 Å². The van der Waals surface area contributed by atoms with Crippen LogP contribution in [-0.2, 0) is 10.0 Å². The second-order valence-electron chi connectivity index (χ2n) is 5.83. The summed E-state index contributed by atoms with van der Waals surface area (Å²) in [6.07, 6.45) is 4.03. The molecule has 1 atom stereocenters. The molecule has 1 aromatic carbocycles. The largest absolute Gasteiger partial charge is 0.494 e. The first-order valence-corrected chi connectivity index (χ1v) is 10.2. The number of rotatable bonds is 6. The minimum atomic E-state index is -3.59. The monoisotopic (exact) mass is 397 g/mol. The van der Waals surface area contributed by atoms with Gasteiger partial charge in [-0.1, -0.05) is 11.6 Å². The molecule has 0 N–H and O–H groups in total. The van der Waals surface area contributed by atoms with Crippen molar-refractivity contribution >= 4 is 21.6 Å². The molecule has 1 aliphatic heterocycles. The van der Waals surface area contributed by atoms with Gasteiger partial charge in [0, 0.05) is 6.54 Å². The Balaban J connectivity index is 1.70. The highest BCUT2D eigenvalue weighted by Gasteiger charge is 2.31. The number of aromatic nitrogens is 2.